The molecule has 3 rings (SSSR count). The van der Waals surface area contributed by atoms with Gasteiger partial charge in [0.25, 0.3) is 0 Å². The van der Waals surface area contributed by atoms with E-state index in [0.29, 0.717) is 11.4 Å². The highest BCUT2D eigenvalue weighted by molar-refractivity contribution is 5.53. The molecule has 21 heavy (non-hydrogen) atoms. The molecule has 2 aromatic carbocycles. The van der Waals surface area contributed by atoms with E-state index < -0.39 is 0 Å². The van der Waals surface area contributed by atoms with Gasteiger partial charge in [0.2, 0.25) is 0 Å². The van der Waals surface area contributed by atoms with Gasteiger partial charge in [0, 0.05) is 21.2 Å². The van der Waals surface area contributed by atoms with Gasteiger partial charge in [-0.3, -0.25) is 0 Å². The predicted molar refractivity (Wildman–Crippen MR) is 77.1 cm³/mol. The average molecular weight is 278 g/mol. The van der Waals surface area contributed by atoms with Crippen LogP contribution in [0.15, 0.2) is 58.8 Å². The van der Waals surface area contributed by atoms with Crippen LogP contribution in [0.5, 0.6) is 0 Å². The van der Waals surface area contributed by atoms with Crippen LogP contribution in [0, 0.1) is 0 Å². The van der Waals surface area contributed by atoms with Crippen molar-refractivity contribution in [2.24, 2.45) is 10.2 Å². The lowest BCUT2D eigenvalue weighted by Gasteiger charge is -2.03. The van der Waals surface area contributed by atoms with Gasteiger partial charge in [0.05, 0.1) is 0 Å². The van der Waals surface area contributed by atoms with Crippen molar-refractivity contribution in [3.8, 4) is 0 Å². The molecule has 0 aliphatic carbocycles. The number of rotatable bonds is 4. The van der Waals surface area contributed by atoms with E-state index in [0.717, 1.165) is 11.1 Å². The minimum Gasteiger partial charge on any atom is -0.359 e. The maximum absolute atomic E-state index is 8.61. The van der Waals surface area contributed by atoms with Crippen LogP contribution >= 0.6 is 0 Å². The van der Waals surface area contributed by atoms with Crippen molar-refractivity contribution in [1.29, 1.82) is 0 Å². The number of epoxide rings is 1. The molecule has 7 nitrogen and oxygen atoms in total. The number of nitrogens with zero attached hydrogens (tertiary/aromatic N) is 6. The zero-order valence-corrected chi connectivity index (χ0v) is 10.9. The first kappa shape index (κ1) is 13.0. The summed E-state index contributed by atoms with van der Waals surface area (Å²) in [5, 5.41) is 7.35. The van der Waals surface area contributed by atoms with E-state index in [2.05, 4.69) is 20.1 Å². The topological polar surface area (TPSA) is 110 Å². The molecule has 0 saturated carbocycles. The molecule has 0 amide bonds. The van der Waals surface area contributed by atoms with Gasteiger partial charge in [-0.1, -0.05) is 58.8 Å². The summed E-state index contributed by atoms with van der Waals surface area (Å²) in [4.78, 5) is 5.65. The van der Waals surface area contributed by atoms with Gasteiger partial charge in [-0.05, 0) is 22.2 Å². The first-order valence-corrected chi connectivity index (χ1v) is 6.28. The van der Waals surface area contributed by atoms with Gasteiger partial charge in [-0.15, -0.1) is 0 Å². The standard InChI is InChI=1S/C14H10N6O/c15-19-17-11-7-3-1-5-9(11)13-14(21-13)10-6-2-4-8-12(10)18-20-16/h1-8,13-14H/t13-,14+. The molecular formula is C14H10N6O. The highest BCUT2D eigenvalue weighted by atomic mass is 16.6. The van der Waals surface area contributed by atoms with E-state index in [-0.39, 0.29) is 12.2 Å². The third kappa shape index (κ3) is 2.52. The molecule has 2 aromatic rings. The lowest BCUT2D eigenvalue weighted by atomic mass is 10.0. The third-order valence-electron chi connectivity index (χ3n) is 3.28. The molecule has 1 fully saturated rings. The van der Waals surface area contributed by atoms with Crippen molar-refractivity contribution in [2.75, 3.05) is 0 Å². The lowest BCUT2D eigenvalue weighted by Crippen LogP contribution is -1.85. The summed E-state index contributed by atoms with van der Waals surface area (Å²) in [7, 11) is 0. The van der Waals surface area contributed by atoms with Crippen LogP contribution in [-0.2, 0) is 4.74 Å². The highest BCUT2D eigenvalue weighted by Crippen LogP contribution is 2.55. The molecule has 0 radical (unpaired) electrons. The van der Waals surface area contributed by atoms with Crippen LogP contribution in [0.3, 0.4) is 0 Å². The molecule has 0 aromatic heterocycles. The second kappa shape index (κ2) is 5.56. The van der Waals surface area contributed by atoms with Crippen LogP contribution in [0.1, 0.15) is 23.3 Å². The molecule has 1 heterocycles. The van der Waals surface area contributed by atoms with Crippen molar-refractivity contribution < 1.29 is 4.74 Å². The number of benzene rings is 2. The third-order valence-corrected chi connectivity index (χ3v) is 3.28. The van der Waals surface area contributed by atoms with Gasteiger partial charge in [-0.25, -0.2) is 0 Å². The summed E-state index contributed by atoms with van der Waals surface area (Å²) in [6, 6.07) is 14.6. The van der Waals surface area contributed by atoms with Gasteiger partial charge >= 0.3 is 0 Å². The van der Waals surface area contributed by atoms with Crippen molar-refractivity contribution in [3.63, 3.8) is 0 Å². The Hall–Kier alpha value is -2.98. The van der Waals surface area contributed by atoms with Crippen LogP contribution in [0.25, 0.3) is 20.9 Å². The second-order valence-corrected chi connectivity index (χ2v) is 4.47. The number of hydrogen-bond acceptors (Lipinski definition) is 3. The van der Waals surface area contributed by atoms with Crippen molar-refractivity contribution in [3.05, 3.63) is 80.5 Å². The Kier molecular flexibility index (Phi) is 3.45. The largest absolute Gasteiger partial charge is 0.359 e. The van der Waals surface area contributed by atoms with Crippen molar-refractivity contribution in [2.45, 2.75) is 12.2 Å². The van der Waals surface area contributed by atoms with Gasteiger partial charge < -0.3 is 4.74 Å². The number of ether oxygens (including phenoxy) is 1. The maximum Gasteiger partial charge on any atom is 0.114 e. The molecule has 1 saturated heterocycles. The summed E-state index contributed by atoms with van der Waals surface area (Å²) in [5.74, 6) is 0. The second-order valence-electron chi connectivity index (χ2n) is 4.47. The summed E-state index contributed by atoms with van der Waals surface area (Å²) in [6.07, 6.45) is -0.386. The average Bonchev–Trinajstić information content (AvgIpc) is 3.29. The molecule has 0 unspecified atom stereocenters. The Morgan fingerprint density at radius 3 is 1.62 bits per heavy atom. The lowest BCUT2D eigenvalue weighted by molar-refractivity contribution is 0.378. The van der Waals surface area contributed by atoms with E-state index in [9.17, 15) is 0 Å². The summed E-state index contributed by atoms with van der Waals surface area (Å²) in [6.45, 7) is 0. The first-order valence-electron chi connectivity index (χ1n) is 6.28. The van der Waals surface area contributed by atoms with Crippen LogP contribution in [-0.4, -0.2) is 0 Å². The minimum atomic E-state index is -0.193. The van der Waals surface area contributed by atoms with E-state index in [1.165, 1.54) is 0 Å². The van der Waals surface area contributed by atoms with Crippen molar-refractivity contribution >= 4 is 11.4 Å². The predicted octanol–water partition coefficient (Wildman–Crippen LogP) is 5.38. The highest BCUT2D eigenvalue weighted by Gasteiger charge is 2.43. The molecule has 2 atom stereocenters. The molecule has 0 spiro atoms. The van der Waals surface area contributed by atoms with E-state index in [1.54, 1.807) is 24.3 Å². The van der Waals surface area contributed by atoms with E-state index >= 15 is 0 Å². The molecule has 1 aliphatic heterocycles. The summed E-state index contributed by atoms with van der Waals surface area (Å²) in [5.41, 5.74) is 20.0. The van der Waals surface area contributed by atoms with E-state index in [4.69, 9.17) is 15.8 Å². The number of azide groups is 2. The van der Waals surface area contributed by atoms with Gasteiger partial charge in [0.15, 0.2) is 0 Å². The SMILES string of the molecule is [N-]=[N+]=Nc1ccccc1[C@H]1O[C@H]1c1ccccc1N=[N+]=[N-]. The van der Waals surface area contributed by atoms with Gasteiger partial charge in [0.1, 0.15) is 12.2 Å². The Labute approximate surface area is 120 Å². The normalized spacial score (nSPS) is 19.2. The Morgan fingerprint density at radius 2 is 1.19 bits per heavy atom. The molecule has 102 valence electrons. The smallest absolute Gasteiger partial charge is 0.114 e. The Morgan fingerprint density at radius 1 is 0.762 bits per heavy atom. The first-order chi connectivity index (χ1) is 10.3. The minimum absolute atomic E-state index is 0.193. The van der Waals surface area contributed by atoms with Crippen LogP contribution in [0.4, 0.5) is 11.4 Å². The molecule has 0 N–H and O–H groups in total. The summed E-state index contributed by atoms with van der Waals surface area (Å²) >= 11 is 0. The zero-order chi connectivity index (χ0) is 14.7. The quantitative estimate of drug-likeness (QED) is 0.318. The number of hydrogen-bond donors (Lipinski definition) is 0. The van der Waals surface area contributed by atoms with Crippen LogP contribution in [0.2, 0.25) is 0 Å². The Balaban J connectivity index is 1.94. The van der Waals surface area contributed by atoms with Crippen LogP contribution < -0.4 is 0 Å². The summed E-state index contributed by atoms with van der Waals surface area (Å²) < 4.78 is 5.70. The van der Waals surface area contributed by atoms with Gasteiger partial charge in [-0.2, -0.15) is 0 Å². The molecule has 0 bridgehead atoms. The fraction of sp³-hybridized carbons (Fsp3) is 0.143. The zero-order valence-electron chi connectivity index (χ0n) is 10.9. The van der Waals surface area contributed by atoms with Crippen molar-refractivity contribution in [1.82, 2.24) is 0 Å². The maximum atomic E-state index is 8.61. The fourth-order valence-electron chi connectivity index (χ4n) is 2.32. The van der Waals surface area contributed by atoms with E-state index in [1.807, 2.05) is 24.3 Å². The fourth-order valence-corrected chi connectivity index (χ4v) is 2.32. The molecular weight excluding hydrogens is 268 g/mol. The molecule has 7 heteroatoms. The Bertz CT molecular complexity index is 711. The molecule has 1 aliphatic rings. The monoisotopic (exact) mass is 278 g/mol.